The van der Waals surface area contributed by atoms with E-state index < -0.39 is 0 Å². The van der Waals surface area contributed by atoms with Crippen molar-refractivity contribution in [1.82, 2.24) is 0 Å². The summed E-state index contributed by atoms with van der Waals surface area (Å²) >= 11 is 0. The van der Waals surface area contributed by atoms with Gasteiger partial charge in [-0.2, -0.15) is 0 Å². The summed E-state index contributed by atoms with van der Waals surface area (Å²) < 4.78 is 5.59. The van der Waals surface area contributed by atoms with Crippen LogP contribution in [0.4, 0.5) is 5.69 Å². The molecule has 4 heteroatoms. The highest BCUT2D eigenvalue weighted by molar-refractivity contribution is 5.73. The quantitative estimate of drug-likeness (QED) is 0.783. The highest BCUT2D eigenvalue weighted by atomic mass is 16.5. The first kappa shape index (κ1) is 14.9. The normalized spacial score (nSPS) is 10.1. The first-order valence-electron chi connectivity index (χ1n) is 7.03. The van der Waals surface area contributed by atoms with Gasteiger partial charge >= 0.3 is 0 Å². The van der Waals surface area contributed by atoms with E-state index in [1.165, 1.54) is 5.56 Å². The Balaban J connectivity index is 1.86. The van der Waals surface area contributed by atoms with Crippen molar-refractivity contribution in [3.8, 4) is 5.75 Å². The second-order valence-electron chi connectivity index (χ2n) is 4.72. The molecule has 1 amide bonds. The molecule has 0 bridgehead atoms. The van der Waals surface area contributed by atoms with Crippen molar-refractivity contribution in [3.63, 3.8) is 0 Å². The molecule has 0 aliphatic rings. The molecule has 21 heavy (non-hydrogen) atoms. The fraction of sp³-hybridized carbons (Fsp3) is 0.235. The standard InChI is InChI=1S/C17H20N2O2/c18-17(20)11-13-21-16-9-5-4-8-15(16)19-12-10-14-6-2-1-3-7-14/h1-9,19H,10-13H2,(H2,18,20). The molecule has 0 atom stereocenters. The van der Waals surface area contributed by atoms with Gasteiger partial charge in [0, 0.05) is 6.54 Å². The maximum atomic E-state index is 10.7. The summed E-state index contributed by atoms with van der Waals surface area (Å²) in [7, 11) is 0. The Bertz CT molecular complexity index is 570. The van der Waals surface area contributed by atoms with Crippen molar-refractivity contribution in [2.24, 2.45) is 5.73 Å². The van der Waals surface area contributed by atoms with Crippen LogP contribution in [-0.4, -0.2) is 19.1 Å². The number of hydrogen-bond donors (Lipinski definition) is 2. The fourth-order valence-corrected chi connectivity index (χ4v) is 1.99. The van der Waals surface area contributed by atoms with Gasteiger partial charge in [-0.3, -0.25) is 4.79 Å². The number of carbonyl (C=O) groups excluding carboxylic acids is 1. The topological polar surface area (TPSA) is 64.4 Å². The van der Waals surface area contributed by atoms with E-state index in [-0.39, 0.29) is 12.3 Å². The van der Waals surface area contributed by atoms with Crippen molar-refractivity contribution in [2.45, 2.75) is 12.8 Å². The van der Waals surface area contributed by atoms with Crippen molar-refractivity contribution in [2.75, 3.05) is 18.5 Å². The van der Waals surface area contributed by atoms with Gasteiger partial charge in [-0.25, -0.2) is 0 Å². The molecule has 0 spiro atoms. The van der Waals surface area contributed by atoms with Crippen LogP contribution in [0.3, 0.4) is 0 Å². The number of rotatable bonds is 8. The number of nitrogens with two attached hydrogens (primary N) is 1. The molecule has 2 rings (SSSR count). The Labute approximate surface area is 124 Å². The Morgan fingerprint density at radius 1 is 1.05 bits per heavy atom. The molecule has 0 fully saturated rings. The van der Waals surface area contributed by atoms with Gasteiger partial charge in [0.2, 0.25) is 5.91 Å². The van der Waals surface area contributed by atoms with Gasteiger partial charge in [0.25, 0.3) is 0 Å². The van der Waals surface area contributed by atoms with Crippen LogP contribution in [0.25, 0.3) is 0 Å². The summed E-state index contributed by atoms with van der Waals surface area (Å²) in [5.41, 5.74) is 7.32. The van der Waals surface area contributed by atoms with Crippen LogP contribution in [0.1, 0.15) is 12.0 Å². The van der Waals surface area contributed by atoms with Crippen LogP contribution < -0.4 is 15.8 Å². The molecule has 0 aromatic heterocycles. The van der Waals surface area contributed by atoms with Crippen LogP contribution in [0.15, 0.2) is 54.6 Å². The number of primary amides is 1. The first-order chi connectivity index (χ1) is 10.3. The van der Waals surface area contributed by atoms with Crippen molar-refractivity contribution in [3.05, 3.63) is 60.2 Å². The zero-order valence-corrected chi connectivity index (χ0v) is 11.9. The summed E-state index contributed by atoms with van der Waals surface area (Å²) in [5.74, 6) is 0.385. The van der Waals surface area contributed by atoms with Crippen LogP contribution >= 0.6 is 0 Å². The van der Waals surface area contributed by atoms with Gasteiger partial charge in [-0.1, -0.05) is 42.5 Å². The summed E-state index contributed by atoms with van der Waals surface area (Å²) in [5, 5.41) is 3.36. The van der Waals surface area contributed by atoms with Gasteiger partial charge in [0.05, 0.1) is 18.7 Å². The van der Waals surface area contributed by atoms with E-state index in [0.29, 0.717) is 6.61 Å². The minimum atomic E-state index is -0.357. The van der Waals surface area contributed by atoms with E-state index in [1.54, 1.807) is 0 Å². The Morgan fingerprint density at radius 2 is 1.76 bits per heavy atom. The first-order valence-corrected chi connectivity index (χ1v) is 7.03. The number of benzene rings is 2. The molecule has 0 saturated carbocycles. The second kappa shape index (κ2) is 7.94. The van der Waals surface area contributed by atoms with Gasteiger partial charge in [-0.15, -0.1) is 0 Å². The summed E-state index contributed by atoms with van der Waals surface area (Å²) in [6.45, 7) is 1.12. The highest BCUT2D eigenvalue weighted by Gasteiger charge is 2.03. The Morgan fingerprint density at radius 3 is 2.52 bits per heavy atom. The van der Waals surface area contributed by atoms with E-state index >= 15 is 0 Å². The third-order valence-corrected chi connectivity index (χ3v) is 3.07. The average molecular weight is 284 g/mol. The summed E-state index contributed by atoms with van der Waals surface area (Å²) in [6.07, 6.45) is 1.16. The predicted octanol–water partition coefficient (Wildman–Crippen LogP) is 2.60. The van der Waals surface area contributed by atoms with Crippen molar-refractivity contribution >= 4 is 11.6 Å². The van der Waals surface area contributed by atoms with E-state index in [4.69, 9.17) is 10.5 Å². The number of amides is 1. The average Bonchev–Trinajstić information content (AvgIpc) is 2.49. The number of ether oxygens (including phenoxy) is 1. The molecule has 0 saturated heterocycles. The zero-order chi connectivity index (χ0) is 14.9. The van der Waals surface area contributed by atoms with Gasteiger partial charge in [0.15, 0.2) is 0 Å². The largest absolute Gasteiger partial charge is 0.491 e. The summed E-state index contributed by atoms with van der Waals surface area (Å²) in [4.78, 5) is 10.7. The molecule has 4 nitrogen and oxygen atoms in total. The van der Waals surface area contributed by atoms with E-state index in [2.05, 4.69) is 17.4 Å². The lowest BCUT2D eigenvalue weighted by Gasteiger charge is -2.12. The Hall–Kier alpha value is -2.49. The van der Waals surface area contributed by atoms with E-state index in [1.807, 2.05) is 42.5 Å². The van der Waals surface area contributed by atoms with Crippen LogP contribution in [0, 0.1) is 0 Å². The maximum Gasteiger partial charge on any atom is 0.220 e. The van der Waals surface area contributed by atoms with Gasteiger partial charge in [-0.05, 0) is 24.1 Å². The smallest absolute Gasteiger partial charge is 0.220 e. The highest BCUT2D eigenvalue weighted by Crippen LogP contribution is 2.23. The number of hydrogen-bond acceptors (Lipinski definition) is 3. The van der Waals surface area contributed by atoms with E-state index in [9.17, 15) is 4.79 Å². The lowest BCUT2D eigenvalue weighted by atomic mass is 10.1. The monoisotopic (exact) mass is 284 g/mol. The maximum absolute atomic E-state index is 10.7. The predicted molar refractivity (Wildman–Crippen MR) is 84.4 cm³/mol. The number of nitrogens with one attached hydrogen (secondary N) is 1. The molecule has 0 aliphatic heterocycles. The molecule has 0 unspecified atom stereocenters. The molecule has 2 aromatic rings. The lowest BCUT2D eigenvalue weighted by Crippen LogP contribution is -2.15. The van der Waals surface area contributed by atoms with Crippen molar-refractivity contribution in [1.29, 1.82) is 0 Å². The minimum absolute atomic E-state index is 0.221. The third kappa shape index (κ3) is 5.18. The zero-order valence-electron chi connectivity index (χ0n) is 11.9. The fourth-order valence-electron chi connectivity index (χ4n) is 1.99. The molecule has 0 heterocycles. The second-order valence-corrected chi connectivity index (χ2v) is 4.72. The van der Waals surface area contributed by atoms with Gasteiger partial charge in [0.1, 0.15) is 5.75 Å². The third-order valence-electron chi connectivity index (χ3n) is 3.07. The minimum Gasteiger partial charge on any atom is -0.491 e. The molecule has 3 N–H and O–H groups in total. The SMILES string of the molecule is NC(=O)CCOc1ccccc1NCCc1ccccc1. The van der Waals surface area contributed by atoms with Gasteiger partial charge < -0.3 is 15.8 Å². The molecule has 0 aliphatic carbocycles. The molecule has 0 radical (unpaired) electrons. The lowest BCUT2D eigenvalue weighted by molar-refractivity contribution is -0.118. The molecule has 110 valence electrons. The summed E-state index contributed by atoms with van der Waals surface area (Å²) in [6, 6.07) is 18.0. The Kier molecular flexibility index (Phi) is 5.64. The molecular weight excluding hydrogens is 264 g/mol. The molecular formula is C17H20N2O2. The van der Waals surface area contributed by atoms with Crippen LogP contribution in [-0.2, 0) is 11.2 Å². The van der Waals surface area contributed by atoms with Crippen LogP contribution in [0.2, 0.25) is 0 Å². The number of para-hydroxylation sites is 2. The number of carbonyl (C=O) groups is 1. The molecule has 2 aromatic carbocycles. The van der Waals surface area contributed by atoms with Crippen molar-refractivity contribution < 1.29 is 9.53 Å². The number of anilines is 1. The van der Waals surface area contributed by atoms with Crippen LogP contribution in [0.5, 0.6) is 5.75 Å². The van der Waals surface area contributed by atoms with E-state index in [0.717, 1.165) is 24.4 Å².